The molecule has 0 atom stereocenters. The molecule has 84 valence electrons. The minimum atomic E-state index is -0.491. The third-order valence-corrected chi connectivity index (χ3v) is 2.79. The Bertz CT molecular complexity index is 207. The maximum atomic E-state index is 11.6. The molecule has 14 heavy (non-hydrogen) atoms. The molecule has 0 saturated carbocycles. The van der Waals surface area contributed by atoms with Crippen LogP contribution in [-0.4, -0.2) is 41.3 Å². The van der Waals surface area contributed by atoms with Crippen LogP contribution in [0.3, 0.4) is 0 Å². The van der Waals surface area contributed by atoms with Gasteiger partial charge in [-0.25, -0.2) is 0 Å². The summed E-state index contributed by atoms with van der Waals surface area (Å²) < 4.78 is -0.491. The number of hydrogen-bond donors (Lipinski definition) is 1. The summed E-state index contributed by atoms with van der Waals surface area (Å²) in [6.45, 7) is 8.51. The lowest BCUT2D eigenvalue weighted by atomic mass is 10.0. The van der Waals surface area contributed by atoms with Crippen LogP contribution in [0.2, 0.25) is 0 Å². The topological polar surface area (TPSA) is 32.3 Å². The van der Waals surface area contributed by atoms with Gasteiger partial charge in [0.25, 0.3) is 0 Å². The van der Waals surface area contributed by atoms with Crippen LogP contribution in [0.1, 0.15) is 27.7 Å². The normalized spacial score (nSPS) is 13.1. The molecule has 0 aliphatic carbocycles. The zero-order valence-corrected chi connectivity index (χ0v) is 11.5. The van der Waals surface area contributed by atoms with Crippen molar-refractivity contribution in [3.8, 4) is 0 Å². The molecule has 0 radical (unpaired) electrons. The van der Waals surface area contributed by atoms with Crippen LogP contribution < -0.4 is 5.32 Å². The van der Waals surface area contributed by atoms with Crippen LogP contribution in [0.15, 0.2) is 0 Å². The average Bonchev–Trinajstić information content (AvgIpc) is 1.98. The molecule has 0 rings (SSSR count). The summed E-state index contributed by atoms with van der Waals surface area (Å²) in [7, 11) is 4.01. The van der Waals surface area contributed by atoms with Crippen molar-refractivity contribution >= 4 is 21.8 Å². The van der Waals surface area contributed by atoms with Crippen molar-refractivity contribution < 1.29 is 4.79 Å². The van der Waals surface area contributed by atoms with Crippen molar-refractivity contribution in [1.29, 1.82) is 0 Å². The molecule has 0 fully saturated rings. The number of hydrogen-bond acceptors (Lipinski definition) is 2. The van der Waals surface area contributed by atoms with E-state index in [1.807, 2.05) is 27.9 Å². The van der Waals surface area contributed by atoms with Gasteiger partial charge in [0.2, 0.25) is 5.91 Å². The Labute approximate surface area is 95.4 Å². The van der Waals surface area contributed by atoms with Gasteiger partial charge in [-0.15, -0.1) is 0 Å². The van der Waals surface area contributed by atoms with E-state index in [-0.39, 0.29) is 11.4 Å². The largest absolute Gasteiger partial charge is 0.353 e. The fraction of sp³-hybridized carbons (Fsp3) is 0.900. The SMILES string of the molecule is CN(C)C(C)(C)CNC(=O)C(C)(C)Br. The van der Waals surface area contributed by atoms with Crippen LogP contribution in [0.5, 0.6) is 0 Å². The van der Waals surface area contributed by atoms with Crippen molar-refractivity contribution in [3.63, 3.8) is 0 Å². The summed E-state index contributed by atoms with van der Waals surface area (Å²) in [6, 6.07) is 0. The third-order valence-electron chi connectivity index (χ3n) is 2.43. The van der Waals surface area contributed by atoms with E-state index in [1.54, 1.807) is 0 Å². The van der Waals surface area contributed by atoms with Crippen molar-refractivity contribution in [3.05, 3.63) is 0 Å². The van der Waals surface area contributed by atoms with Gasteiger partial charge in [-0.05, 0) is 41.8 Å². The molecule has 4 heteroatoms. The predicted molar refractivity (Wildman–Crippen MR) is 63.8 cm³/mol. The Kier molecular flexibility index (Phi) is 4.59. The molecule has 0 heterocycles. The summed E-state index contributed by atoms with van der Waals surface area (Å²) in [5, 5.41) is 2.92. The Morgan fingerprint density at radius 2 is 1.71 bits per heavy atom. The Morgan fingerprint density at radius 3 is 2.00 bits per heavy atom. The van der Waals surface area contributed by atoms with Crippen molar-refractivity contribution in [2.75, 3.05) is 20.6 Å². The van der Waals surface area contributed by atoms with E-state index in [9.17, 15) is 4.79 Å². The highest BCUT2D eigenvalue weighted by molar-refractivity contribution is 9.10. The van der Waals surface area contributed by atoms with E-state index in [4.69, 9.17) is 0 Å². The fourth-order valence-corrected chi connectivity index (χ4v) is 0.805. The minimum absolute atomic E-state index is 0.0199. The maximum Gasteiger partial charge on any atom is 0.236 e. The van der Waals surface area contributed by atoms with Gasteiger partial charge in [0, 0.05) is 12.1 Å². The molecule has 0 unspecified atom stereocenters. The Balaban J connectivity index is 4.14. The summed E-state index contributed by atoms with van der Waals surface area (Å²) >= 11 is 3.32. The lowest BCUT2D eigenvalue weighted by Gasteiger charge is -2.33. The van der Waals surface area contributed by atoms with E-state index < -0.39 is 4.32 Å². The molecule has 0 saturated heterocycles. The van der Waals surface area contributed by atoms with Gasteiger partial charge in [0.1, 0.15) is 0 Å². The zero-order chi connectivity index (χ0) is 11.6. The number of rotatable bonds is 4. The molecule has 0 aromatic heterocycles. The summed E-state index contributed by atoms with van der Waals surface area (Å²) in [5.41, 5.74) is -0.0199. The first-order valence-electron chi connectivity index (χ1n) is 4.72. The number of alkyl halides is 1. The van der Waals surface area contributed by atoms with E-state index in [0.717, 1.165) is 0 Å². The van der Waals surface area contributed by atoms with E-state index >= 15 is 0 Å². The number of carbonyl (C=O) groups is 1. The predicted octanol–water partition coefficient (Wildman–Crippen LogP) is 1.62. The number of carbonyl (C=O) groups excluding carboxylic acids is 1. The lowest BCUT2D eigenvalue weighted by Crippen LogP contribution is -2.50. The second kappa shape index (κ2) is 4.62. The molecule has 0 aromatic carbocycles. The van der Waals surface area contributed by atoms with Crippen LogP contribution in [0.4, 0.5) is 0 Å². The van der Waals surface area contributed by atoms with Gasteiger partial charge in [0.05, 0.1) is 4.32 Å². The van der Waals surface area contributed by atoms with Crippen LogP contribution in [-0.2, 0) is 4.79 Å². The van der Waals surface area contributed by atoms with Crippen LogP contribution in [0, 0.1) is 0 Å². The molecule has 0 bridgehead atoms. The quantitative estimate of drug-likeness (QED) is 0.783. The summed E-state index contributed by atoms with van der Waals surface area (Å²) in [5.74, 6) is 0.0208. The molecule has 0 aromatic rings. The summed E-state index contributed by atoms with van der Waals surface area (Å²) in [4.78, 5) is 13.6. The highest BCUT2D eigenvalue weighted by Gasteiger charge is 2.27. The summed E-state index contributed by atoms with van der Waals surface area (Å²) in [6.07, 6.45) is 0. The van der Waals surface area contributed by atoms with Gasteiger partial charge in [0.15, 0.2) is 0 Å². The second-order valence-electron chi connectivity index (χ2n) is 4.86. The molecule has 0 aliphatic heterocycles. The van der Waals surface area contributed by atoms with E-state index in [0.29, 0.717) is 6.54 Å². The third kappa shape index (κ3) is 4.42. The minimum Gasteiger partial charge on any atom is -0.353 e. The fourth-order valence-electron chi connectivity index (χ4n) is 0.665. The first-order valence-corrected chi connectivity index (χ1v) is 5.51. The number of nitrogens with one attached hydrogen (secondary N) is 1. The lowest BCUT2D eigenvalue weighted by molar-refractivity contribution is -0.123. The number of nitrogens with zero attached hydrogens (tertiary/aromatic N) is 1. The van der Waals surface area contributed by atoms with Crippen LogP contribution in [0.25, 0.3) is 0 Å². The number of halogens is 1. The molecule has 3 nitrogen and oxygen atoms in total. The highest BCUT2D eigenvalue weighted by Crippen LogP contribution is 2.16. The van der Waals surface area contributed by atoms with Gasteiger partial charge < -0.3 is 10.2 Å². The number of likely N-dealkylation sites (N-methyl/N-ethyl adjacent to an activating group) is 1. The molecule has 0 spiro atoms. The monoisotopic (exact) mass is 264 g/mol. The molecule has 0 aliphatic rings. The van der Waals surface area contributed by atoms with Gasteiger partial charge >= 0.3 is 0 Å². The maximum absolute atomic E-state index is 11.6. The molecule has 1 N–H and O–H groups in total. The van der Waals surface area contributed by atoms with Crippen molar-refractivity contribution in [1.82, 2.24) is 10.2 Å². The molecular formula is C10H21BrN2O. The van der Waals surface area contributed by atoms with Crippen LogP contribution >= 0.6 is 15.9 Å². The standard InChI is InChI=1S/C10H21BrN2O/c1-9(2,13(5)6)7-12-8(14)10(3,4)11/h7H2,1-6H3,(H,12,14). The average molecular weight is 265 g/mol. The smallest absolute Gasteiger partial charge is 0.236 e. The molecule has 1 amide bonds. The first-order chi connectivity index (χ1) is 6.07. The van der Waals surface area contributed by atoms with Gasteiger partial charge in [-0.1, -0.05) is 15.9 Å². The van der Waals surface area contributed by atoms with E-state index in [1.165, 1.54) is 0 Å². The highest BCUT2D eigenvalue weighted by atomic mass is 79.9. The van der Waals surface area contributed by atoms with Crippen molar-refractivity contribution in [2.24, 2.45) is 0 Å². The second-order valence-corrected chi connectivity index (χ2v) is 6.84. The number of amides is 1. The van der Waals surface area contributed by atoms with Gasteiger partial charge in [-0.3, -0.25) is 4.79 Å². The Hall–Kier alpha value is -0.0900. The molecular weight excluding hydrogens is 244 g/mol. The zero-order valence-electron chi connectivity index (χ0n) is 9.94. The van der Waals surface area contributed by atoms with Crippen molar-refractivity contribution in [2.45, 2.75) is 37.6 Å². The van der Waals surface area contributed by atoms with Gasteiger partial charge in [-0.2, -0.15) is 0 Å². The van der Waals surface area contributed by atoms with E-state index in [2.05, 4.69) is 40.0 Å². The first kappa shape index (κ1) is 13.9. The Morgan fingerprint density at radius 1 is 1.29 bits per heavy atom.